The highest BCUT2D eigenvalue weighted by molar-refractivity contribution is 7.90. The normalized spacial score (nSPS) is 15.8. The molecule has 8 nitrogen and oxygen atoms in total. The van der Waals surface area contributed by atoms with Gasteiger partial charge in [-0.2, -0.15) is 0 Å². The first-order chi connectivity index (χ1) is 15.8. The molecule has 0 radical (unpaired) electrons. The Bertz CT molecular complexity index is 1390. The molecule has 0 fully saturated rings. The van der Waals surface area contributed by atoms with Crippen LogP contribution in [0.15, 0.2) is 76.9 Å². The average molecular weight is 461 g/mol. The van der Waals surface area contributed by atoms with Crippen LogP contribution in [0.4, 0.5) is 5.69 Å². The summed E-state index contributed by atoms with van der Waals surface area (Å²) in [5, 5.41) is 2.77. The quantitative estimate of drug-likeness (QED) is 0.556. The molecule has 166 valence electrons. The monoisotopic (exact) mass is 461 g/mol. The van der Waals surface area contributed by atoms with Gasteiger partial charge in [-0.25, -0.2) is 13.2 Å². The fourth-order valence-electron chi connectivity index (χ4n) is 3.25. The van der Waals surface area contributed by atoms with Crippen molar-refractivity contribution in [2.24, 2.45) is 4.40 Å². The van der Waals surface area contributed by atoms with E-state index in [0.717, 1.165) is 0 Å². The number of carbonyl (C=O) groups is 2. The van der Waals surface area contributed by atoms with E-state index in [4.69, 9.17) is 4.74 Å². The minimum Gasteiger partial charge on any atom is -0.465 e. The molecule has 0 aromatic heterocycles. The van der Waals surface area contributed by atoms with E-state index in [9.17, 15) is 18.0 Å². The van der Waals surface area contributed by atoms with Crippen molar-refractivity contribution in [3.8, 4) is 11.8 Å². The molecule has 0 bridgehead atoms. The molecule has 2 aliphatic heterocycles. The second-order valence-corrected chi connectivity index (χ2v) is 8.93. The second-order valence-electron chi connectivity index (χ2n) is 7.17. The van der Waals surface area contributed by atoms with Crippen LogP contribution in [0, 0.1) is 11.8 Å². The number of esters is 1. The van der Waals surface area contributed by atoms with Crippen molar-refractivity contribution in [1.29, 1.82) is 0 Å². The molecule has 0 atom stereocenters. The van der Waals surface area contributed by atoms with Crippen LogP contribution in [-0.4, -0.2) is 50.4 Å². The summed E-state index contributed by atoms with van der Waals surface area (Å²) in [5.74, 6) is 5.09. The van der Waals surface area contributed by atoms with E-state index >= 15 is 0 Å². The van der Waals surface area contributed by atoms with Crippen molar-refractivity contribution >= 4 is 33.4 Å². The Morgan fingerprint density at radius 2 is 1.82 bits per heavy atom. The lowest BCUT2D eigenvalue weighted by Gasteiger charge is -2.28. The molecule has 0 spiro atoms. The third-order valence-electron chi connectivity index (χ3n) is 4.86. The van der Waals surface area contributed by atoms with Crippen molar-refractivity contribution in [3.05, 3.63) is 89.1 Å². The van der Waals surface area contributed by atoms with Gasteiger partial charge < -0.3 is 15.0 Å². The number of benzene rings is 2. The Kier molecular flexibility index (Phi) is 6.11. The van der Waals surface area contributed by atoms with Gasteiger partial charge in [0.2, 0.25) is 0 Å². The molecule has 1 N–H and O–H groups in total. The van der Waals surface area contributed by atoms with Crippen LogP contribution in [0.1, 0.15) is 21.5 Å². The summed E-state index contributed by atoms with van der Waals surface area (Å²) in [6, 6.07) is 13.7. The fourth-order valence-corrected chi connectivity index (χ4v) is 4.24. The van der Waals surface area contributed by atoms with E-state index in [0.29, 0.717) is 22.4 Å². The van der Waals surface area contributed by atoms with Gasteiger partial charge in [-0.15, -0.1) is 4.40 Å². The summed E-state index contributed by atoms with van der Waals surface area (Å²) in [6.07, 6.45) is 4.90. The fraction of sp³-hybridized carbons (Fsp3) is 0.125. The molecular weight excluding hydrogens is 442 g/mol. The first kappa shape index (κ1) is 22.0. The largest absolute Gasteiger partial charge is 0.465 e. The van der Waals surface area contributed by atoms with E-state index in [1.54, 1.807) is 65.7 Å². The van der Waals surface area contributed by atoms with E-state index in [1.165, 1.54) is 13.2 Å². The van der Waals surface area contributed by atoms with Crippen molar-refractivity contribution in [3.63, 3.8) is 0 Å². The number of fused-ring (bicyclic) bond motifs is 1. The highest BCUT2D eigenvalue weighted by atomic mass is 32.2. The Hall–Kier alpha value is -4.16. The van der Waals surface area contributed by atoms with Crippen LogP contribution >= 0.6 is 0 Å². The maximum atomic E-state index is 12.9. The summed E-state index contributed by atoms with van der Waals surface area (Å²) in [7, 11) is -2.28. The molecule has 0 saturated heterocycles. The smallest absolute Gasteiger partial charge is 0.337 e. The topological polar surface area (TPSA) is 105 Å². The summed E-state index contributed by atoms with van der Waals surface area (Å²) in [5.41, 5.74) is 2.35. The highest BCUT2D eigenvalue weighted by Crippen LogP contribution is 2.20. The van der Waals surface area contributed by atoms with Gasteiger partial charge in [0.1, 0.15) is 0 Å². The van der Waals surface area contributed by atoms with E-state index in [2.05, 4.69) is 21.6 Å². The zero-order valence-corrected chi connectivity index (χ0v) is 18.4. The van der Waals surface area contributed by atoms with Gasteiger partial charge in [-0.05, 0) is 48.6 Å². The lowest BCUT2D eigenvalue weighted by molar-refractivity contribution is -0.112. The zero-order valence-electron chi connectivity index (χ0n) is 17.6. The molecule has 0 saturated carbocycles. The average Bonchev–Trinajstić information content (AvgIpc) is 2.81. The van der Waals surface area contributed by atoms with Gasteiger partial charge in [0.05, 0.1) is 24.0 Å². The molecule has 4 rings (SSSR count). The van der Waals surface area contributed by atoms with E-state index in [1.807, 2.05) is 0 Å². The SMILES string of the molecule is COC(=O)c1cccc(C#Cc2cccc(NC(=O)C3=CC=CN4CCS(=O)(=O)N=C34)c2)c1. The number of sulfonamides is 1. The lowest BCUT2D eigenvalue weighted by Crippen LogP contribution is -2.40. The molecule has 2 aromatic rings. The molecule has 2 aliphatic rings. The van der Waals surface area contributed by atoms with Crippen molar-refractivity contribution in [1.82, 2.24) is 4.90 Å². The number of nitrogens with one attached hydrogen (secondary N) is 1. The molecule has 1 amide bonds. The maximum absolute atomic E-state index is 12.9. The summed E-state index contributed by atoms with van der Waals surface area (Å²) < 4.78 is 32.3. The molecule has 2 aromatic carbocycles. The van der Waals surface area contributed by atoms with Crippen LogP contribution in [0.25, 0.3) is 0 Å². The first-order valence-corrected chi connectivity index (χ1v) is 11.6. The van der Waals surface area contributed by atoms with E-state index < -0.39 is 21.9 Å². The number of hydrogen-bond acceptors (Lipinski definition) is 6. The van der Waals surface area contributed by atoms with Gasteiger partial charge in [0, 0.05) is 29.6 Å². The number of ether oxygens (including phenoxy) is 1. The maximum Gasteiger partial charge on any atom is 0.337 e. The number of anilines is 1. The van der Waals surface area contributed by atoms with Crippen LogP contribution < -0.4 is 5.32 Å². The molecule has 0 unspecified atom stereocenters. The number of nitrogens with zero attached hydrogens (tertiary/aromatic N) is 2. The standard InChI is InChI=1S/C24H19N3O5S/c1-32-24(29)19-7-2-5-17(15-19)10-11-18-6-3-8-20(16-18)25-23(28)21-9-4-12-27-13-14-33(30,31)26-22(21)27/h2-9,12,15-16H,13-14H2,1H3,(H,25,28). The number of amides is 1. The van der Waals surface area contributed by atoms with Crippen molar-refractivity contribution in [2.75, 3.05) is 24.7 Å². The predicted octanol–water partition coefficient (Wildman–Crippen LogP) is 2.31. The Morgan fingerprint density at radius 3 is 2.58 bits per heavy atom. The van der Waals surface area contributed by atoms with Crippen LogP contribution in [0.2, 0.25) is 0 Å². The summed E-state index contributed by atoms with van der Waals surface area (Å²) in [6.45, 7) is 0.241. The Balaban J connectivity index is 1.53. The minimum absolute atomic E-state index is 0.0982. The number of rotatable bonds is 3. The summed E-state index contributed by atoms with van der Waals surface area (Å²) >= 11 is 0. The van der Waals surface area contributed by atoms with Crippen LogP contribution in [-0.2, 0) is 19.6 Å². The molecule has 33 heavy (non-hydrogen) atoms. The van der Waals surface area contributed by atoms with Crippen LogP contribution in [0.3, 0.4) is 0 Å². The predicted molar refractivity (Wildman–Crippen MR) is 124 cm³/mol. The number of methoxy groups -OCH3 is 1. The molecule has 0 aliphatic carbocycles. The number of hydrogen-bond donors (Lipinski definition) is 1. The van der Waals surface area contributed by atoms with Gasteiger partial charge in [-0.3, -0.25) is 4.79 Å². The van der Waals surface area contributed by atoms with Crippen LogP contribution in [0.5, 0.6) is 0 Å². The van der Waals surface area contributed by atoms with Gasteiger partial charge in [0.15, 0.2) is 5.84 Å². The van der Waals surface area contributed by atoms with Gasteiger partial charge >= 0.3 is 5.97 Å². The highest BCUT2D eigenvalue weighted by Gasteiger charge is 2.29. The molecule has 2 heterocycles. The zero-order chi connectivity index (χ0) is 23.4. The number of allylic oxidation sites excluding steroid dienone is 2. The third-order valence-corrected chi connectivity index (χ3v) is 6.01. The first-order valence-electron chi connectivity index (χ1n) is 9.94. The minimum atomic E-state index is -3.60. The number of carbonyl (C=O) groups excluding carboxylic acids is 2. The Labute approximate surface area is 191 Å². The number of amidine groups is 1. The van der Waals surface area contributed by atoms with Crippen molar-refractivity contribution < 1.29 is 22.7 Å². The Morgan fingerprint density at radius 1 is 1.09 bits per heavy atom. The van der Waals surface area contributed by atoms with E-state index in [-0.39, 0.29) is 23.7 Å². The van der Waals surface area contributed by atoms with Crippen molar-refractivity contribution in [2.45, 2.75) is 0 Å². The second kappa shape index (κ2) is 9.14. The van der Waals surface area contributed by atoms with Gasteiger partial charge in [-0.1, -0.05) is 24.0 Å². The summed E-state index contributed by atoms with van der Waals surface area (Å²) in [4.78, 5) is 26.2. The van der Waals surface area contributed by atoms with Gasteiger partial charge in [0.25, 0.3) is 15.9 Å². The lowest BCUT2D eigenvalue weighted by atomic mass is 10.1. The molecular formula is C24H19N3O5S. The molecule has 9 heteroatoms. The third kappa shape index (κ3) is 5.19.